The first-order valence-electron chi connectivity index (χ1n) is 12.2. The highest BCUT2D eigenvalue weighted by molar-refractivity contribution is 5.95. The van der Waals surface area contributed by atoms with E-state index in [1.807, 2.05) is 12.1 Å². The molecule has 1 amide bonds. The molecular formula is C29H32N4O. The predicted molar refractivity (Wildman–Crippen MR) is 137 cm³/mol. The fourth-order valence-corrected chi connectivity index (χ4v) is 4.83. The smallest absolute Gasteiger partial charge is 0.271 e. The topological polar surface area (TPSA) is 47.9 Å². The number of nitrogens with zero attached hydrogens (tertiary/aromatic N) is 3. The van der Waals surface area contributed by atoms with E-state index in [0.717, 1.165) is 64.2 Å². The number of hydrazone groups is 1. The molecule has 0 saturated carbocycles. The summed E-state index contributed by atoms with van der Waals surface area (Å²) in [5.41, 5.74) is 9.95. The molecule has 2 aliphatic heterocycles. The van der Waals surface area contributed by atoms with Crippen LogP contribution >= 0.6 is 0 Å². The molecule has 0 unspecified atom stereocenters. The van der Waals surface area contributed by atoms with E-state index in [1.54, 1.807) is 0 Å². The highest BCUT2D eigenvalue weighted by Crippen LogP contribution is 2.20. The van der Waals surface area contributed by atoms with Crippen LogP contribution in [0.3, 0.4) is 0 Å². The summed E-state index contributed by atoms with van der Waals surface area (Å²) in [6, 6.07) is 27.2. The van der Waals surface area contributed by atoms with Crippen molar-refractivity contribution in [3.8, 4) is 0 Å². The Balaban J connectivity index is 1.09. The molecule has 0 radical (unpaired) electrons. The van der Waals surface area contributed by atoms with Crippen molar-refractivity contribution in [3.63, 3.8) is 0 Å². The lowest BCUT2D eigenvalue weighted by Gasteiger charge is -2.28. The molecule has 0 atom stereocenters. The molecule has 0 bridgehead atoms. The van der Waals surface area contributed by atoms with E-state index in [1.165, 1.54) is 22.3 Å². The Morgan fingerprint density at radius 1 is 0.706 bits per heavy atom. The number of hydrogen-bond acceptors (Lipinski definition) is 4. The van der Waals surface area contributed by atoms with Gasteiger partial charge in [-0.3, -0.25) is 14.6 Å². The first-order valence-corrected chi connectivity index (χ1v) is 12.2. The van der Waals surface area contributed by atoms with Crippen LogP contribution in [-0.2, 0) is 26.1 Å². The Kier molecular flexibility index (Phi) is 7.13. The van der Waals surface area contributed by atoms with Crippen LogP contribution in [0.1, 0.15) is 45.5 Å². The molecule has 5 nitrogen and oxygen atoms in total. The van der Waals surface area contributed by atoms with Crippen molar-refractivity contribution in [2.24, 2.45) is 5.10 Å². The Morgan fingerprint density at radius 2 is 1.32 bits per heavy atom. The lowest BCUT2D eigenvalue weighted by atomic mass is 9.99. The second kappa shape index (κ2) is 10.8. The Morgan fingerprint density at radius 3 is 2.09 bits per heavy atom. The molecule has 5 heteroatoms. The highest BCUT2D eigenvalue weighted by atomic mass is 16.2. The van der Waals surface area contributed by atoms with E-state index < -0.39 is 0 Å². The summed E-state index contributed by atoms with van der Waals surface area (Å²) in [6.45, 7) is 5.87. The van der Waals surface area contributed by atoms with Gasteiger partial charge >= 0.3 is 0 Å². The van der Waals surface area contributed by atoms with Crippen molar-refractivity contribution >= 4 is 11.6 Å². The van der Waals surface area contributed by atoms with Crippen molar-refractivity contribution < 1.29 is 4.79 Å². The summed E-state index contributed by atoms with van der Waals surface area (Å²) in [7, 11) is 0. The van der Waals surface area contributed by atoms with Gasteiger partial charge in [0.15, 0.2) is 0 Å². The predicted octanol–water partition coefficient (Wildman–Crippen LogP) is 4.63. The van der Waals surface area contributed by atoms with Crippen molar-refractivity contribution in [2.75, 3.05) is 19.6 Å². The summed E-state index contributed by atoms with van der Waals surface area (Å²) in [4.78, 5) is 17.5. The van der Waals surface area contributed by atoms with Crippen LogP contribution in [0.25, 0.3) is 0 Å². The monoisotopic (exact) mass is 452 g/mol. The van der Waals surface area contributed by atoms with E-state index >= 15 is 0 Å². The van der Waals surface area contributed by atoms with E-state index in [9.17, 15) is 4.79 Å². The minimum atomic E-state index is -0.141. The van der Waals surface area contributed by atoms with Gasteiger partial charge in [0.25, 0.3) is 5.91 Å². The number of hydrogen-bond donors (Lipinski definition) is 1. The van der Waals surface area contributed by atoms with Gasteiger partial charge in [0.2, 0.25) is 0 Å². The van der Waals surface area contributed by atoms with E-state index in [2.05, 4.69) is 87.1 Å². The third-order valence-electron chi connectivity index (χ3n) is 6.83. The van der Waals surface area contributed by atoms with Crippen molar-refractivity contribution in [1.29, 1.82) is 0 Å². The molecule has 5 rings (SSSR count). The van der Waals surface area contributed by atoms with E-state index in [0.29, 0.717) is 5.56 Å². The number of nitrogens with one attached hydrogen (secondary N) is 1. The Bertz CT molecular complexity index is 1130. The van der Waals surface area contributed by atoms with Gasteiger partial charge < -0.3 is 0 Å². The fourth-order valence-electron chi connectivity index (χ4n) is 4.83. The van der Waals surface area contributed by atoms with Crippen molar-refractivity contribution in [2.45, 2.75) is 38.9 Å². The molecule has 1 fully saturated rings. The van der Waals surface area contributed by atoms with Gasteiger partial charge in [-0.15, -0.1) is 0 Å². The van der Waals surface area contributed by atoms with Gasteiger partial charge in [0, 0.05) is 63.4 Å². The summed E-state index contributed by atoms with van der Waals surface area (Å²) < 4.78 is 0. The molecule has 3 aromatic carbocycles. The first-order chi connectivity index (χ1) is 16.7. The molecule has 2 aliphatic rings. The summed E-state index contributed by atoms with van der Waals surface area (Å²) >= 11 is 0. The summed E-state index contributed by atoms with van der Waals surface area (Å²) in [6.07, 6.45) is 2.89. The van der Waals surface area contributed by atoms with Gasteiger partial charge in [0.1, 0.15) is 0 Å². The molecule has 3 aromatic rings. The van der Waals surface area contributed by atoms with Gasteiger partial charge in [-0.1, -0.05) is 66.7 Å². The average molecular weight is 453 g/mol. The van der Waals surface area contributed by atoms with Crippen molar-refractivity contribution in [3.05, 3.63) is 107 Å². The average Bonchev–Trinajstić information content (AvgIpc) is 2.89. The lowest BCUT2D eigenvalue weighted by molar-refractivity contribution is 0.0954. The SMILES string of the molecule is O=C(NN=C1CCN(Cc2ccccc2)CC1)c1ccc(CN2CCc3ccccc3C2)cc1. The Labute approximate surface area is 202 Å². The van der Waals surface area contributed by atoms with Gasteiger partial charge in [-0.25, -0.2) is 5.43 Å². The maximum Gasteiger partial charge on any atom is 0.271 e. The van der Waals surface area contributed by atoms with Crippen LogP contribution in [0.2, 0.25) is 0 Å². The van der Waals surface area contributed by atoms with Crippen LogP contribution in [0.15, 0.2) is 84.0 Å². The van der Waals surface area contributed by atoms with Crippen LogP contribution in [0.5, 0.6) is 0 Å². The maximum absolute atomic E-state index is 12.6. The Hall–Kier alpha value is -3.28. The summed E-state index contributed by atoms with van der Waals surface area (Å²) in [5.74, 6) is -0.141. The quantitative estimate of drug-likeness (QED) is 0.555. The number of rotatable bonds is 6. The number of carbonyl (C=O) groups is 1. The summed E-state index contributed by atoms with van der Waals surface area (Å²) in [5, 5.41) is 4.42. The minimum Gasteiger partial charge on any atom is -0.298 e. The number of piperidine rings is 1. The standard InChI is InChI=1S/C29H32N4O/c34-29(31-30-28-15-18-32(19-16-28)20-23-6-2-1-3-7-23)26-12-10-24(11-13-26)21-33-17-14-25-8-4-5-9-27(25)22-33/h1-13H,14-22H2,(H,31,34). The number of benzene rings is 3. The highest BCUT2D eigenvalue weighted by Gasteiger charge is 2.17. The van der Waals surface area contributed by atoms with Gasteiger partial charge in [0.05, 0.1) is 0 Å². The fraction of sp³-hybridized carbons (Fsp3) is 0.310. The molecule has 2 heterocycles. The zero-order valence-corrected chi connectivity index (χ0v) is 19.6. The molecule has 0 spiro atoms. The number of amides is 1. The van der Waals surface area contributed by atoms with E-state index in [4.69, 9.17) is 0 Å². The van der Waals surface area contributed by atoms with Crippen LogP contribution in [0, 0.1) is 0 Å². The zero-order chi connectivity index (χ0) is 23.2. The third kappa shape index (κ3) is 5.79. The third-order valence-corrected chi connectivity index (χ3v) is 6.83. The molecule has 174 valence electrons. The molecule has 0 aliphatic carbocycles. The van der Waals surface area contributed by atoms with Gasteiger partial charge in [-0.05, 0) is 40.8 Å². The van der Waals surface area contributed by atoms with Crippen LogP contribution in [-0.4, -0.2) is 41.1 Å². The normalized spacial score (nSPS) is 16.6. The number of fused-ring (bicyclic) bond motifs is 1. The van der Waals surface area contributed by atoms with Crippen molar-refractivity contribution in [1.82, 2.24) is 15.2 Å². The molecule has 34 heavy (non-hydrogen) atoms. The second-order valence-electron chi connectivity index (χ2n) is 9.31. The molecular weight excluding hydrogens is 420 g/mol. The number of likely N-dealkylation sites (tertiary alicyclic amines) is 1. The zero-order valence-electron chi connectivity index (χ0n) is 19.6. The molecule has 1 N–H and O–H groups in total. The molecule has 0 aromatic heterocycles. The van der Waals surface area contributed by atoms with Crippen LogP contribution < -0.4 is 5.43 Å². The van der Waals surface area contributed by atoms with E-state index in [-0.39, 0.29) is 5.91 Å². The largest absolute Gasteiger partial charge is 0.298 e. The second-order valence-corrected chi connectivity index (χ2v) is 9.31. The maximum atomic E-state index is 12.6. The number of carbonyl (C=O) groups excluding carboxylic acids is 1. The molecule has 1 saturated heterocycles. The minimum absolute atomic E-state index is 0.141. The van der Waals surface area contributed by atoms with Gasteiger partial charge in [-0.2, -0.15) is 5.10 Å². The first kappa shape index (κ1) is 22.5. The lowest BCUT2D eigenvalue weighted by Crippen LogP contribution is -2.34. The van der Waals surface area contributed by atoms with Crippen LogP contribution in [0.4, 0.5) is 0 Å².